The molecule has 0 radical (unpaired) electrons. The topological polar surface area (TPSA) is 12.5 Å². The Morgan fingerprint density at radius 3 is 1.76 bits per heavy atom. The summed E-state index contributed by atoms with van der Waals surface area (Å²) < 4.78 is 50.4. The van der Waals surface area contributed by atoms with E-state index in [0.717, 1.165) is 58.4 Å². The van der Waals surface area contributed by atoms with E-state index in [1.165, 1.54) is 0 Å². The molecule has 0 aliphatic carbocycles. The molecule has 3 aromatic rings. The van der Waals surface area contributed by atoms with Crippen molar-refractivity contribution < 1.29 is 17.8 Å². The van der Waals surface area contributed by atoms with Crippen LogP contribution in [0.2, 0.25) is 0 Å². The fourth-order valence-corrected chi connectivity index (χ4v) is 5.91. The number of halogens is 3. The molecule has 1 atom stereocenters. The maximum atomic E-state index is 14.9. The van der Waals surface area contributed by atoms with Crippen LogP contribution in [0.4, 0.5) is 13.2 Å². The van der Waals surface area contributed by atoms with Gasteiger partial charge in [0.25, 0.3) is 0 Å². The lowest BCUT2D eigenvalue weighted by Crippen LogP contribution is -2.48. The van der Waals surface area contributed by atoms with Crippen LogP contribution in [0.15, 0.2) is 48.5 Å². The van der Waals surface area contributed by atoms with Gasteiger partial charge in [0.2, 0.25) is 0 Å². The quantitative estimate of drug-likeness (QED) is 0.492. The molecule has 2 fully saturated rings. The first kappa shape index (κ1) is 22.2. The summed E-state index contributed by atoms with van der Waals surface area (Å²) in [6.45, 7) is 8.84. The maximum absolute atomic E-state index is 14.9. The number of benzene rings is 3. The van der Waals surface area contributed by atoms with Gasteiger partial charge >= 0.3 is 7.05 Å². The third-order valence-corrected chi connectivity index (χ3v) is 6.95. The van der Waals surface area contributed by atoms with E-state index in [0.29, 0.717) is 6.54 Å². The number of aryl methyl sites for hydroxylation is 4. The first-order valence-corrected chi connectivity index (χ1v) is 11.4. The standard InChI is InChI=1S/C27H27BF3NO/c1-16-8-17(2)11-20(10-16)27(21-12-18(3)9-19(4)13-21)25-6-5-7-32(25)28(33-27)26-23(30)14-22(29)15-24(26)31/h8-15,25H,5-7H2,1-4H3. The fraction of sp³-hybridized carbons (Fsp3) is 0.333. The molecule has 2 aliphatic heterocycles. The van der Waals surface area contributed by atoms with Gasteiger partial charge in [0.05, 0.1) is 0 Å². The molecule has 2 heterocycles. The van der Waals surface area contributed by atoms with Crippen molar-refractivity contribution in [2.24, 2.45) is 0 Å². The van der Waals surface area contributed by atoms with Crippen LogP contribution in [0.5, 0.6) is 0 Å². The second-order valence-corrected chi connectivity index (χ2v) is 9.64. The van der Waals surface area contributed by atoms with E-state index in [9.17, 15) is 13.2 Å². The van der Waals surface area contributed by atoms with Gasteiger partial charge in [-0.3, -0.25) is 0 Å². The Morgan fingerprint density at radius 2 is 1.27 bits per heavy atom. The van der Waals surface area contributed by atoms with Crippen molar-refractivity contribution in [3.8, 4) is 0 Å². The maximum Gasteiger partial charge on any atom is 0.425 e. The van der Waals surface area contributed by atoms with E-state index >= 15 is 0 Å². The van der Waals surface area contributed by atoms with Gasteiger partial charge in [-0.1, -0.05) is 58.7 Å². The molecular formula is C27H27BF3NO. The molecule has 5 rings (SSSR count). The Kier molecular flexibility index (Phi) is 5.41. The van der Waals surface area contributed by atoms with Crippen molar-refractivity contribution in [3.63, 3.8) is 0 Å². The van der Waals surface area contributed by atoms with Crippen LogP contribution in [0.25, 0.3) is 0 Å². The van der Waals surface area contributed by atoms with Crippen molar-refractivity contribution in [3.05, 3.63) is 99.4 Å². The molecule has 170 valence electrons. The fourth-order valence-electron chi connectivity index (χ4n) is 5.91. The summed E-state index contributed by atoms with van der Waals surface area (Å²) in [5, 5.41) is 0. The Balaban J connectivity index is 1.78. The molecule has 6 heteroatoms. The van der Waals surface area contributed by atoms with Crippen LogP contribution in [-0.4, -0.2) is 24.4 Å². The van der Waals surface area contributed by atoms with Crippen LogP contribution in [0.1, 0.15) is 46.2 Å². The summed E-state index contributed by atoms with van der Waals surface area (Å²) in [5.74, 6) is -2.76. The minimum atomic E-state index is -0.945. The highest BCUT2D eigenvalue weighted by Crippen LogP contribution is 2.49. The highest BCUT2D eigenvalue weighted by Gasteiger charge is 2.60. The first-order chi connectivity index (χ1) is 15.7. The zero-order valence-electron chi connectivity index (χ0n) is 19.4. The van der Waals surface area contributed by atoms with Crippen molar-refractivity contribution in [2.45, 2.75) is 52.2 Å². The van der Waals surface area contributed by atoms with Crippen molar-refractivity contribution in [2.75, 3.05) is 6.54 Å². The predicted molar refractivity (Wildman–Crippen MR) is 125 cm³/mol. The molecule has 1 unspecified atom stereocenters. The summed E-state index contributed by atoms with van der Waals surface area (Å²) in [4.78, 5) is 2.05. The number of rotatable bonds is 3. The highest BCUT2D eigenvalue weighted by molar-refractivity contribution is 6.65. The first-order valence-electron chi connectivity index (χ1n) is 11.4. The molecule has 2 nitrogen and oxygen atoms in total. The van der Waals surface area contributed by atoms with Crippen LogP contribution < -0.4 is 5.46 Å². The summed E-state index contributed by atoms with van der Waals surface area (Å²) in [7, 11) is -0.945. The van der Waals surface area contributed by atoms with Crippen LogP contribution in [0.3, 0.4) is 0 Å². The van der Waals surface area contributed by atoms with Gasteiger partial charge in [-0.25, -0.2) is 13.2 Å². The SMILES string of the molecule is Cc1cc(C)cc(C2(c3cc(C)cc(C)c3)OB(c3c(F)cc(F)cc3F)N3CCCC32)c1. The molecule has 3 aromatic carbocycles. The zero-order chi connectivity index (χ0) is 23.5. The molecule has 2 saturated heterocycles. The number of hydrogen-bond acceptors (Lipinski definition) is 2. The molecule has 0 N–H and O–H groups in total. The number of nitrogens with zero attached hydrogens (tertiary/aromatic N) is 1. The smallest absolute Gasteiger partial charge is 0.402 e. The second kappa shape index (κ2) is 8.03. The average molecular weight is 449 g/mol. The Labute approximate surface area is 193 Å². The van der Waals surface area contributed by atoms with E-state index in [4.69, 9.17) is 4.65 Å². The Hall–Kier alpha value is -2.57. The van der Waals surface area contributed by atoms with Crippen LogP contribution in [-0.2, 0) is 10.3 Å². The summed E-state index contributed by atoms with van der Waals surface area (Å²) >= 11 is 0. The molecule has 0 saturated carbocycles. The van der Waals surface area contributed by atoms with Crippen molar-refractivity contribution in [1.29, 1.82) is 0 Å². The largest absolute Gasteiger partial charge is 0.425 e. The second-order valence-electron chi connectivity index (χ2n) is 9.64. The molecule has 0 aromatic heterocycles. The summed E-state index contributed by atoms with van der Waals surface area (Å²) in [6.07, 6.45) is 1.73. The number of hydrogen-bond donors (Lipinski definition) is 0. The molecule has 2 aliphatic rings. The predicted octanol–water partition coefficient (Wildman–Crippen LogP) is 5.47. The Morgan fingerprint density at radius 1 is 0.788 bits per heavy atom. The summed E-state index contributed by atoms with van der Waals surface area (Å²) in [6, 6.07) is 14.0. The summed E-state index contributed by atoms with van der Waals surface area (Å²) in [5.41, 5.74) is 5.24. The average Bonchev–Trinajstić information content (AvgIpc) is 3.28. The van der Waals surface area contributed by atoms with Gasteiger partial charge in [0.15, 0.2) is 0 Å². The van der Waals surface area contributed by atoms with Gasteiger partial charge in [-0.05, 0) is 58.2 Å². The van der Waals surface area contributed by atoms with E-state index in [2.05, 4.69) is 41.2 Å². The van der Waals surface area contributed by atoms with Gasteiger partial charge < -0.3 is 9.47 Å². The number of fused-ring (bicyclic) bond motifs is 1. The molecular weight excluding hydrogens is 422 g/mol. The monoisotopic (exact) mass is 449 g/mol. The van der Waals surface area contributed by atoms with E-state index < -0.39 is 30.1 Å². The van der Waals surface area contributed by atoms with E-state index in [1.807, 2.05) is 27.7 Å². The molecule has 0 bridgehead atoms. The van der Waals surface area contributed by atoms with Gasteiger partial charge in [-0.15, -0.1) is 0 Å². The van der Waals surface area contributed by atoms with Crippen molar-refractivity contribution in [1.82, 2.24) is 4.81 Å². The van der Waals surface area contributed by atoms with E-state index in [-0.39, 0.29) is 11.5 Å². The zero-order valence-corrected chi connectivity index (χ0v) is 19.4. The third kappa shape index (κ3) is 3.60. The lowest BCUT2D eigenvalue weighted by Gasteiger charge is -2.37. The third-order valence-electron chi connectivity index (χ3n) is 6.95. The van der Waals surface area contributed by atoms with Gasteiger partial charge in [-0.2, -0.15) is 0 Å². The normalized spacial score (nSPS) is 19.8. The molecule has 0 amide bonds. The highest BCUT2D eigenvalue weighted by atomic mass is 19.1. The Bertz CT molecular complexity index is 1130. The minimum absolute atomic E-state index is 0.103. The van der Waals surface area contributed by atoms with E-state index in [1.54, 1.807) is 0 Å². The molecule has 0 spiro atoms. The van der Waals surface area contributed by atoms with Gasteiger partial charge in [0.1, 0.15) is 23.1 Å². The van der Waals surface area contributed by atoms with Crippen molar-refractivity contribution >= 4 is 12.5 Å². The molecule has 33 heavy (non-hydrogen) atoms. The lowest BCUT2D eigenvalue weighted by atomic mass is 9.71. The van der Waals surface area contributed by atoms with Gasteiger partial charge in [0, 0.05) is 23.6 Å². The van der Waals surface area contributed by atoms with Crippen LogP contribution in [0, 0.1) is 45.1 Å². The van der Waals surface area contributed by atoms with Crippen LogP contribution >= 0.6 is 0 Å². The minimum Gasteiger partial charge on any atom is -0.402 e. The lowest BCUT2D eigenvalue weighted by molar-refractivity contribution is 0.106.